The van der Waals surface area contributed by atoms with Gasteiger partial charge in [0.1, 0.15) is 22.2 Å². The Morgan fingerprint density at radius 1 is 1.18 bits per heavy atom. The summed E-state index contributed by atoms with van der Waals surface area (Å²) >= 11 is 0. The summed E-state index contributed by atoms with van der Waals surface area (Å²) in [6.07, 6.45) is 6.00. The van der Waals surface area contributed by atoms with Crippen molar-refractivity contribution in [2.75, 3.05) is 27.3 Å². The predicted octanol–water partition coefficient (Wildman–Crippen LogP) is 2.80. The Balaban J connectivity index is 1.52. The molecule has 4 rings (SSSR count). The lowest BCUT2D eigenvalue weighted by Gasteiger charge is -2.19. The Labute approximate surface area is 166 Å². The molecule has 1 aliphatic carbocycles. The van der Waals surface area contributed by atoms with Gasteiger partial charge in [0.25, 0.3) is 0 Å². The predicted molar refractivity (Wildman–Crippen MR) is 105 cm³/mol. The first-order valence-corrected chi connectivity index (χ1v) is 11.1. The monoisotopic (exact) mass is 405 g/mol. The van der Waals surface area contributed by atoms with Crippen molar-refractivity contribution >= 4 is 10.0 Å². The summed E-state index contributed by atoms with van der Waals surface area (Å²) in [5.41, 5.74) is 1.20. The number of hydrogen-bond acceptors (Lipinski definition) is 5. The van der Waals surface area contributed by atoms with Crippen LogP contribution in [0.5, 0.6) is 11.5 Å². The Bertz CT molecular complexity index is 966. The lowest BCUT2D eigenvalue weighted by atomic mass is 10.0. The van der Waals surface area contributed by atoms with Gasteiger partial charge >= 0.3 is 0 Å². The summed E-state index contributed by atoms with van der Waals surface area (Å²) in [4.78, 5) is 4.75. The van der Waals surface area contributed by atoms with Crippen LogP contribution in [0, 0.1) is 12.8 Å². The smallest absolute Gasteiger partial charge is 0.246 e. The second-order valence-corrected chi connectivity index (χ2v) is 9.56. The second-order valence-electron chi connectivity index (χ2n) is 7.66. The van der Waals surface area contributed by atoms with Crippen LogP contribution in [0.2, 0.25) is 0 Å². The van der Waals surface area contributed by atoms with Gasteiger partial charge in [-0.15, -0.1) is 0 Å². The molecule has 0 amide bonds. The first-order chi connectivity index (χ1) is 13.4. The molecule has 1 aliphatic heterocycles. The van der Waals surface area contributed by atoms with Gasteiger partial charge < -0.3 is 14.0 Å². The number of sulfonamides is 1. The van der Waals surface area contributed by atoms with E-state index in [0.29, 0.717) is 30.6 Å². The number of ether oxygens (including phenoxy) is 2. The maximum atomic E-state index is 13.2. The molecular weight excluding hydrogens is 378 g/mol. The minimum Gasteiger partial charge on any atom is -0.497 e. The van der Waals surface area contributed by atoms with Gasteiger partial charge in [-0.1, -0.05) is 0 Å². The molecule has 0 spiro atoms. The van der Waals surface area contributed by atoms with Crippen LogP contribution in [-0.4, -0.2) is 49.6 Å². The minimum atomic E-state index is -3.65. The van der Waals surface area contributed by atoms with Gasteiger partial charge in [-0.25, -0.2) is 13.4 Å². The molecule has 152 valence electrons. The van der Waals surface area contributed by atoms with E-state index < -0.39 is 10.0 Å². The zero-order valence-electron chi connectivity index (χ0n) is 16.6. The number of hydrogen-bond donors (Lipinski definition) is 0. The number of aromatic nitrogens is 2. The molecule has 0 radical (unpaired) electrons. The molecule has 28 heavy (non-hydrogen) atoms. The lowest BCUT2D eigenvalue weighted by Crippen LogP contribution is -2.29. The van der Waals surface area contributed by atoms with E-state index in [2.05, 4.69) is 16.5 Å². The van der Waals surface area contributed by atoms with E-state index in [1.807, 2.05) is 6.20 Å². The van der Waals surface area contributed by atoms with Crippen LogP contribution in [0.1, 0.15) is 36.8 Å². The summed E-state index contributed by atoms with van der Waals surface area (Å²) in [6.45, 7) is 3.10. The minimum absolute atomic E-state index is 0.158. The van der Waals surface area contributed by atoms with Gasteiger partial charge in [-0.05, 0) is 44.2 Å². The molecule has 2 heterocycles. The van der Waals surface area contributed by atoms with Crippen LogP contribution in [0.4, 0.5) is 0 Å². The highest BCUT2D eigenvalue weighted by atomic mass is 32.2. The SMILES string of the molecule is COc1ccc(OC)c(S(=O)(=O)N2CCC(Cc3ncc(C)n3C3CC3)C2)c1. The van der Waals surface area contributed by atoms with Gasteiger partial charge in [0.2, 0.25) is 10.0 Å². The van der Waals surface area contributed by atoms with Gasteiger partial charge in [0.05, 0.1) is 14.2 Å². The van der Waals surface area contributed by atoms with Crippen molar-refractivity contribution in [1.82, 2.24) is 13.9 Å². The third kappa shape index (κ3) is 3.51. The first-order valence-electron chi connectivity index (χ1n) is 9.69. The average Bonchev–Trinajstić information content (AvgIpc) is 3.29. The third-order valence-corrected chi connectivity index (χ3v) is 7.57. The van der Waals surface area contributed by atoms with Gasteiger partial charge in [0.15, 0.2) is 0 Å². The van der Waals surface area contributed by atoms with E-state index in [9.17, 15) is 8.42 Å². The van der Waals surface area contributed by atoms with E-state index >= 15 is 0 Å². The van der Waals surface area contributed by atoms with Crippen LogP contribution in [0.3, 0.4) is 0 Å². The van der Waals surface area contributed by atoms with Crippen LogP contribution < -0.4 is 9.47 Å². The fourth-order valence-corrected chi connectivity index (χ4v) is 5.75. The number of imidazole rings is 1. The van der Waals surface area contributed by atoms with Crippen molar-refractivity contribution in [3.63, 3.8) is 0 Å². The molecule has 1 saturated carbocycles. The number of aryl methyl sites for hydroxylation is 1. The molecule has 2 aromatic rings. The molecular formula is C20H27N3O4S. The van der Waals surface area contributed by atoms with Crippen molar-refractivity contribution in [1.29, 1.82) is 0 Å². The largest absolute Gasteiger partial charge is 0.497 e. The molecule has 1 unspecified atom stereocenters. The highest BCUT2D eigenvalue weighted by Crippen LogP contribution is 2.38. The Hall–Kier alpha value is -2.06. The van der Waals surface area contributed by atoms with Gasteiger partial charge in [0, 0.05) is 43.5 Å². The highest BCUT2D eigenvalue weighted by molar-refractivity contribution is 7.89. The molecule has 0 bridgehead atoms. The van der Waals surface area contributed by atoms with E-state index in [1.54, 1.807) is 16.4 Å². The quantitative estimate of drug-likeness (QED) is 0.708. The number of methoxy groups -OCH3 is 2. The second kappa shape index (κ2) is 7.40. The fourth-order valence-electron chi connectivity index (χ4n) is 4.04. The Kier molecular flexibility index (Phi) is 5.09. The van der Waals surface area contributed by atoms with Gasteiger partial charge in [-0.2, -0.15) is 4.31 Å². The van der Waals surface area contributed by atoms with E-state index in [1.165, 1.54) is 38.8 Å². The molecule has 1 aromatic carbocycles. The summed E-state index contributed by atoms with van der Waals surface area (Å²) in [7, 11) is -0.645. The van der Waals surface area contributed by atoms with Crippen molar-refractivity contribution in [2.45, 2.75) is 43.5 Å². The average molecular weight is 406 g/mol. The first kappa shape index (κ1) is 19.3. The summed E-state index contributed by atoms with van der Waals surface area (Å²) < 4.78 is 40.9. The molecule has 0 N–H and O–H groups in total. The molecule has 1 aromatic heterocycles. The molecule has 1 atom stereocenters. The van der Waals surface area contributed by atoms with E-state index in [4.69, 9.17) is 9.47 Å². The normalized spacial score (nSPS) is 20.5. The van der Waals surface area contributed by atoms with Crippen LogP contribution in [0.25, 0.3) is 0 Å². The lowest BCUT2D eigenvalue weighted by molar-refractivity contribution is 0.387. The van der Waals surface area contributed by atoms with Crippen molar-refractivity contribution in [3.8, 4) is 11.5 Å². The third-order valence-electron chi connectivity index (χ3n) is 5.68. The summed E-state index contributed by atoms with van der Waals surface area (Å²) in [6, 6.07) is 5.45. The van der Waals surface area contributed by atoms with Crippen LogP contribution in [-0.2, 0) is 16.4 Å². The van der Waals surface area contributed by atoms with Crippen molar-refractivity contribution in [2.24, 2.45) is 5.92 Å². The molecule has 7 nitrogen and oxygen atoms in total. The zero-order valence-corrected chi connectivity index (χ0v) is 17.4. The summed E-state index contributed by atoms with van der Waals surface area (Å²) in [5.74, 6) is 2.19. The number of nitrogens with zero attached hydrogens (tertiary/aromatic N) is 3. The highest BCUT2D eigenvalue weighted by Gasteiger charge is 2.36. The molecule has 2 fully saturated rings. The Morgan fingerprint density at radius 2 is 1.96 bits per heavy atom. The molecule has 2 aliphatic rings. The summed E-state index contributed by atoms with van der Waals surface area (Å²) in [5, 5.41) is 0. The van der Waals surface area contributed by atoms with Crippen molar-refractivity contribution < 1.29 is 17.9 Å². The number of rotatable bonds is 7. The number of benzene rings is 1. The maximum Gasteiger partial charge on any atom is 0.246 e. The zero-order chi connectivity index (χ0) is 19.9. The van der Waals surface area contributed by atoms with E-state index in [0.717, 1.165) is 18.7 Å². The Morgan fingerprint density at radius 3 is 2.64 bits per heavy atom. The van der Waals surface area contributed by atoms with Crippen LogP contribution >= 0.6 is 0 Å². The van der Waals surface area contributed by atoms with Crippen molar-refractivity contribution in [3.05, 3.63) is 35.9 Å². The standard InChI is InChI=1S/C20H27N3O4S/c1-14-12-21-20(23(14)16-4-5-16)10-15-8-9-22(13-15)28(24,25)19-11-17(26-2)6-7-18(19)27-3/h6-7,11-12,15-16H,4-5,8-10,13H2,1-3H3. The molecule has 1 saturated heterocycles. The van der Waals surface area contributed by atoms with Crippen LogP contribution in [0.15, 0.2) is 29.3 Å². The maximum absolute atomic E-state index is 13.2. The topological polar surface area (TPSA) is 73.7 Å². The molecule has 8 heteroatoms. The fraction of sp³-hybridized carbons (Fsp3) is 0.550. The van der Waals surface area contributed by atoms with Gasteiger partial charge in [-0.3, -0.25) is 0 Å². The van der Waals surface area contributed by atoms with E-state index in [-0.39, 0.29) is 10.8 Å².